The number of hydrogen-bond donors (Lipinski definition) is 2. The first-order valence-electron chi connectivity index (χ1n) is 8.48. The predicted molar refractivity (Wildman–Crippen MR) is 98.7 cm³/mol. The van der Waals surface area contributed by atoms with Gasteiger partial charge in [0.25, 0.3) is 0 Å². The molecule has 0 aromatic heterocycles. The number of benzene rings is 2. The molecule has 0 saturated heterocycles. The molecule has 5 heteroatoms. The molecular formula is C20H26N2O3. The summed E-state index contributed by atoms with van der Waals surface area (Å²) in [6.07, 6.45) is -0.573. The van der Waals surface area contributed by atoms with Crippen molar-refractivity contribution >= 4 is 6.03 Å². The maximum Gasteiger partial charge on any atom is 0.317 e. The van der Waals surface area contributed by atoms with Crippen molar-refractivity contribution in [3.05, 3.63) is 65.7 Å². The van der Waals surface area contributed by atoms with Crippen molar-refractivity contribution in [1.82, 2.24) is 10.2 Å². The van der Waals surface area contributed by atoms with E-state index in [1.165, 1.54) is 4.90 Å². The molecule has 0 fully saturated rings. The number of carbonyl (C=O) groups is 1. The molecule has 2 atom stereocenters. The molecule has 2 amide bonds. The zero-order chi connectivity index (χ0) is 18.2. The summed E-state index contributed by atoms with van der Waals surface area (Å²) < 4.78 is 5.49. The highest BCUT2D eigenvalue weighted by atomic mass is 16.5. The van der Waals surface area contributed by atoms with Gasteiger partial charge in [-0.3, -0.25) is 0 Å². The van der Waals surface area contributed by atoms with Crippen LogP contribution >= 0.6 is 0 Å². The number of carbonyl (C=O) groups excluding carboxylic acids is 1. The van der Waals surface area contributed by atoms with Gasteiger partial charge >= 0.3 is 6.03 Å². The quantitative estimate of drug-likeness (QED) is 0.812. The molecule has 0 saturated carbocycles. The molecule has 0 spiro atoms. The first kappa shape index (κ1) is 18.8. The summed E-state index contributed by atoms with van der Waals surface area (Å²) in [5.41, 5.74) is 1.96. The maximum absolute atomic E-state index is 12.5. The molecule has 0 aliphatic carbocycles. The van der Waals surface area contributed by atoms with Gasteiger partial charge in [-0.05, 0) is 37.1 Å². The number of likely N-dealkylation sites (N-methyl/N-ethyl adjacent to an activating group) is 1. The first-order chi connectivity index (χ1) is 12.0. The number of aliphatic hydroxyl groups excluding tert-OH is 1. The van der Waals surface area contributed by atoms with Crippen LogP contribution in [0, 0.1) is 0 Å². The van der Waals surface area contributed by atoms with E-state index in [4.69, 9.17) is 4.74 Å². The molecule has 0 radical (unpaired) electrons. The van der Waals surface area contributed by atoms with Gasteiger partial charge < -0.3 is 20.1 Å². The van der Waals surface area contributed by atoms with Crippen LogP contribution in [0.15, 0.2) is 54.6 Å². The summed E-state index contributed by atoms with van der Waals surface area (Å²) in [7, 11) is 1.67. The number of nitrogens with one attached hydrogen (secondary N) is 1. The Balaban J connectivity index is 2.23. The van der Waals surface area contributed by atoms with Crippen LogP contribution in [0.25, 0.3) is 0 Å². The number of hydrogen-bond acceptors (Lipinski definition) is 3. The van der Waals surface area contributed by atoms with Gasteiger partial charge in [0, 0.05) is 13.6 Å². The molecule has 2 unspecified atom stereocenters. The molecule has 2 N–H and O–H groups in total. The topological polar surface area (TPSA) is 61.8 Å². The monoisotopic (exact) mass is 342 g/mol. The maximum atomic E-state index is 12.5. The summed E-state index contributed by atoms with van der Waals surface area (Å²) >= 11 is 0. The highest BCUT2D eigenvalue weighted by Crippen LogP contribution is 2.24. The van der Waals surface area contributed by atoms with Gasteiger partial charge in [0.2, 0.25) is 0 Å². The molecular weight excluding hydrogens is 316 g/mol. The van der Waals surface area contributed by atoms with E-state index in [-0.39, 0.29) is 18.6 Å². The van der Waals surface area contributed by atoms with Crippen LogP contribution < -0.4 is 10.1 Å². The van der Waals surface area contributed by atoms with Crippen molar-refractivity contribution in [2.24, 2.45) is 0 Å². The Hall–Kier alpha value is -2.53. The largest absolute Gasteiger partial charge is 0.494 e. The van der Waals surface area contributed by atoms with E-state index in [9.17, 15) is 9.90 Å². The second kappa shape index (κ2) is 9.08. The van der Waals surface area contributed by atoms with Crippen LogP contribution in [-0.2, 0) is 0 Å². The van der Waals surface area contributed by atoms with Crippen LogP contribution in [0.2, 0.25) is 0 Å². The number of amides is 2. The van der Waals surface area contributed by atoms with E-state index < -0.39 is 6.10 Å². The Labute approximate surface area is 149 Å². The van der Waals surface area contributed by atoms with E-state index in [2.05, 4.69) is 5.32 Å². The number of nitrogens with zero attached hydrogens (tertiary/aromatic N) is 1. The lowest BCUT2D eigenvalue weighted by molar-refractivity contribution is 0.143. The second-order valence-electron chi connectivity index (χ2n) is 6.02. The number of urea groups is 1. The minimum absolute atomic E-state index is 0.233. The molecule has 0 heterocycles. The third kappa shape index (κ3) is 5.50. The van der Waals surface area contributed by atoms with Crippen LogP contribution in [0.3, 0.4) is 0 Å². The van der Waals surface area contributed by atoms with Crippen LogP contribution in [0.5, 0.6) is 5.75 Å². The average Bonchev–Trinajstić information content (AvgIpc) is 2.61. The summed E-state index contributed by atoms with van der Waals surface area (Å²) in [4.78, 5) is 14.0. The fraction of sp³-hybridized carbons (Fsp3) is 0.350. The minimum Gasteiger partial charge on any atom is -0.494 e. The van der Waals surface area contributed by atoms with Gasteiger partial charge in [-0.2, -0.15) is 0 Å². The highest BCUT2D eigenvalue weighted by Gasteiger charge is 2.19. The normalized spacial score (nSPS) is 13.0. The summed E-state index contributed by atoms with van der Waals surface area (Å²) in [5, 5.41) is 12.5. The second-order valence-corrected chi connectivity index (χ2v) is 6.02. The van der Waals surface area contributed by atoms with E-state index in [0.717, 1.165) is 16.9 Å². The fourth-order valence-corrected chi connectivity index (χ4v) is 2.64. The highest BCUT2D eigenvalue weighted by molar-refractivity contribution is 5.75. The Bertz CT molecular complexity index is 656. The van der Waals surface area contributed by atoms with Crippen LogP contribution in [-0.4, -0.2) is 42.3 Å². The Morgan fingerprint density at radius 2 is 1.72 bits per heavy atom. The molecule has 134 valence electrons. The van der Waals surface area contributed by atoms with Crippen molar-refractivity contribution in [1.29, 1.82) is 0 Å². The fourth-order valence-electron chi connectivity index (χ4n) is 2.64. The standard InChI is InChI=1S/C20H26N2O3/c1-4-25-18-12-10-17(11-13-18)19(16-8-6-5-7-9-16)21-20(24)22(3)14-15(2)23/h5-13,15,19,23H,4,14H2,1-3H3,(H,21,24). The third-order valence-electron chi connectivity index (χ3n) is 3.81. The minimum atomic E-state index is -0.573. The molecule has 0 bridgehead atoms. The SMILES string of the molecule is CCOc1ccc(C(NC(=O)N(C)CC(C)O)c2ccccc2)cc1. The Morgan fingerprint density at radius 1 is 1.12 bits per heavy atom. The number of ether oxygens (including phenoxy) is 1. The first-order valence-corrected chi connectivity index (χ1v) is 8.48. The van der Waals surface area contributed by atoms with Gasteiger partial charge in [-0.25, -0.2) is 4.79 Å². The van der Waals surface area contributed by atoms with Crippen molar-refractivity contribution in [3.63, 3.8) is 0 Å². The smallest absolute Gasteiger partial charge is 0.317 e. The molecule has 2 aromatic rings. The molecule has 5 nitrogen and oxygen atoms in total. The van der Waals surface area contributed by atoms with E-state index in [1.54, 1.807) is 14.0 Å². The number of rotatable bonds is 7. The average molecular weight is 342 g/mol. The van der Waals surface area contributed by atoms with Gasteiger partial charge in [0.05, 0.1) is 18.8 Å². The Morgan fingerprint density at radius 3 is 2.28 bits per heavy atom. The van der Waals surface area contributed by atoms with Crippen LogP contribution in [0.1, 0.15) is 31.0 Å². The van der Waals surface area contributed by atoms with E-state index >= 15 is 0 Å². The van der Waals surface area contributed by atoms with Gasteiger partial charge in [-0.15, -0.1) is 0 Å². The van der Waals surface area contributed by atoms with Crippen molar-refractivity contribution in [3.8, 4) is 5.75 Å². The lowest BCUT2D eigenvalue weighted by Crippen LogP contribution is -2.42. The van der Waals surface area contributed by atoms with Gasteiger partial charge in [0.1, 0.15) is 5.75 Å². The Kier molecular flexibility index (Phi) is 6.83. The summed E-state index contributed by atoms with van der Waals surface area (Å²) in [6.45, 7) is 4.49. The van der Waals surface area contributed by atoms with Crippen molar-refractivity contribution in [2.75, 3.05) is 20.2 Å². The predicted octanol–water partition coefficient (Wildman–Crippen LogP) is 3.20. The lowest BCUT2D eigenvalue weighted by Gasteiger charge is -2.25. The third-order valence-corrected chi connectivity index (χ3v) is 3.81. The molecule has 0 aliphatic rings. The van der Waals surface area contributed by atoms with E-state index in [0.29, 0.717) is 6.61 Å². The van der Waals surface area contributed by atoms with Crippen molar-refractivity contribution in [2.45, 2.75) is 26.0 Å². The van der Waals surface area contributed by atoms with E-state index in [1.807, 2.05) is 61.5 Å². The van der Waals surface area contributed by atoms with Gasteiger partial charge in [-0.1, -0.05) is 42.5 Å². The summed E-state index contributed by atoms with van der Waals surface area (Å²) in [5.74, 6) is 0.801. The molecule has 2 aromatic carbocycles. The van der Waals surface area contributed by atoms with Crippen LogP contribution in [0.4, 0.5) is 4.79 Å². The van der Waals surface area contributed by atoms with Crippen molar-refractivity contribution < 1.29 is 14.6 Å². The molecule has 25 heavy (non-hydrogen) atoms. The zero-order valence-corrected chi connectivity index (χ0v) is 15.0. The van der Waals surface area contributed by atoms with Gasteiger partial charge in [0.15, 0.2) is 0 Å². The lowest BCUT2D eigenvalue weighted by atomic mass is 9.99. The molecule has 2 rings (SSSR count). The zero-order valence-electron chi connectivity index (χ0n) is 15.0. The number of aliphatic hydroxyl groups is 1. The molecule has 0 aliphatic heterocycles. The summed E-state index contributed by atoms with van der Waals surface area (Å²) in [6, 6.07) is 17.0.